The molecule has 1 atom stereocenters. The van der Waals surface area contributed by atoms with Crippen molar-refractivity contribution in [1.29, 1.82) is 0 Å². The van der Waals surface area contributed by atoms with E-state index in [9.17, 15) is 0 Å². The lowest BCUT2D eigenvalue weighted by Crippen LogP contribution is -2.42. The molecule has 0 saturated carbocycles. The van der Waals surface area contributed by atoms with Crippen LogP contribution in [-0.4, -0.2) is 5.60 Å². The van der Waals surface area contributed by atoms with Gasteiger partial charge in [0.15, 0.2) is 0 Å². The van der Waals surface area contributed by atoms with Gasteiger partial charge in [0.1, 0.15) is 16.4 Å². The standard InChI is InChI=1S/C13H17Cl2NO/c1-3-13(4-2)7-10(16)8-5-6-9(14)11(15)12(8)17-13/h5-6,10H,3-4,7,16H2,1-2H3. The van der Waals surface area contributed by atoms with E-state index in [-0.39, 0.29) is 11.6 Å². The largest absolute Gasteiger partial charge is 0.485 e. The molecule has 17 heavy (non-hydrogen) atoms. The van der Waals surface area contributed by atoms with E-state index in [0.717, 1.165) is 24.8 Å². The quantitative estimate of drug-likeness (QED) is 0.870. The summed E-state index contributed by atoms with van der Waals surface area (Å²) in [6.07, 6.45) is 2.66. The number of nitrogens with two attached hydrogens (primary N) is 1. The number of rotatable bonds is 2. The van der Waals surface area contributed by atoms with Crippen molar-refractivity contribution in [1.82, 2.24) is 0 Å². The fourth-order valence-corrected chi connectivity index (χ4v) is 2.75. The first-order chi connectivity index (χ1) is 8.03. The molecule has 2 rings (SSSR count). The summed E-state index contributed by atoms with van der Waals surface area (Å²) in [6, 6.07) is 3.65. The Morgan fingerprint density at radius 3 is 2.59 bits per heavy atom. The van der Waals surface area contributed by atoms with E-state index in [2.05, 4.69) is 13.8 Å². The van der Waals surface area contributed by atoms with Gasteiger partial charge in [0.2, 0.25) is 0 Å². The molecule has 2 N–H and O–H groups in total. The van der Waals surface area contributed by atoms with Crippen molar-refractivity contribution in [2.75, 3.05) is 0 Å². The molecule has 1 aromatic carbocycles. The monoisotopic (exact) mass is 273 g/mol. The summed E-state index contributed by atoms with van der Waals surface area (Å²) < 4.78 is 6.10. The Balaban J connectivity index is 2.51. The molecular weight excluding hydrogens is 257 g/mol. The third kappa shape index (κ3) is 2.14. The Kier molecular flexibility index (Phi) is 3.58. The minimum absolute atomic E-state index is 0.0339. The van der Waals surface area contributed by atoms with Gasteiger partial charge in [-0.05, 0) is 18.9 Å². The molecule has 0 radical (unpaired) electrons. The minimum atomic E-state index is -0.208. The molecule has 94 valence electrons. The number of ether oxygens (including phenoxy) is 1. The molecule has 1 aliphatic rings. The minimum Gasteiger partial charge on any atom is -0.485 e. The maximum absolute atomic E-state index is 6.21. The van der Waals surface area contributed by atoms with Gasteiger partial charge in [-0.2, -0.15) is 0 Å². The molecular formula is C13H17Cl2NO. The summed E-state index contributed by atoms with van der Waals surface area (Å²) in [4.78, 5) is 0. The Labute approximate surface area is 112 Å². The van der Waals surface area contributed by atoms with Gasteiger partial charge < -0.3 is 10.5 Å². The van der Waals surface area contributed by atoms with E-state index in [1.807, 2.05) is 6.07 Å². The van der Waals surface area contributed by atoms with Crippen molar-refractivity contribution in [3.05, 3.63) is 27.7 Å². The SMILES string of the molecule is CCC1(CC)CC(N)c2ccc(Cl)c(Cl)c2O1. The van der Waals surface area contributed by atoms with Crippen molar-refractivity contribution in [2.45, 2.75) is 44.8 Å². The fourth-order valence-electron chi connectivity index (χ4n) is 2.39. The van der Waals surface area contributed by atoms with E-state index < -0.39 is 0 Å². The second-order valence-corrected chi connectivity index (χ2v) is 5.37. The molecule has 0 aromatic heterocycles. The average Bonchev–Trinajstić information content (AvgIpc) is 2.34. The van der Waals surface area contributed by atoms with Crippen LogP contribution in [0.3, 0.4) is 0 Å². The highest BCUT2D eigenvalue weighted by Gasteiger charge is 2.38. The summed E-state index contributed by atoms with van der Waals surface area (Å²) in [5.41, 5.74) is 6.96. The van der Waals surface area contributed by atoms with Crippen LogP contribution in [0.1, 0.15) is 44.7 Å². The van der Waals surface area contributed by atoms with E-state index in [4.69, 9.17) is 33.7 Å². The lowest BCUT2D eigenvalue weighted by molar-refractivity contribution is 0.0283. The lowest BCUT2D eigenvalue weighted by Gasteiger charge is -2.40. The molecule has 0 saturated heterocycles. The average molecular weight is 274 g/mol. The first-order valence-corrected chi connectivity index (χ1v) is 6.71. The van der Waals surface area contributed by atoms with E-state index in [0.29, 0.717) is 15.8 Å². The first-order valence-electron chi connectivity index (χ1n) is 5.95. The molecule has 0 aliphatic carbocycles. The van der Waals surface area contributed by atoms with Crippen molar-refractivity contribution < 1.29 is 4.74 Å². The van der Waals surface area contributed by atoms with Crippen LogP contribution in [0.2, 0.25) is 10.0 Å². The van der Waals surface area contributed by atoms with E-state index in [1.165, 1.54) is 0 Å². The fraction of sp³-hybridized carbons (Fsp3) is 0.538. The third-order valence-corrected chi connectivity index (χ3v) is 4.47. The van der Waals surface area contributed by atoms with Crippen molar-refractivity contribution in [2.24, 2.45) is 5.73 Å². The summed E-state index contributed by atoms with van der Waals surface area (Å²) in [7, 11) is 0. The van der Waals surface area contributed by atoms with Gasteiger partial charge in [0, 0.05) is 18.0 Å². The summed E-state index contributed by atoms with van der Waals surface area (Å²) in [6.45, 7) is 4.22. The van der Waals surface area contributed by atoms with Gasteiger partial charge in [0.25, 0.3) is 0 Å². The zero-order valence-corrected chi connectivity index (χ0v) is 11.6. The number of fused-ring (bicyclic) bond motifs is 1. The molecule has 1 aromatic rings. The zero-order chi connectivity index (χ0) is 12.6. The van der Waals surface area contributed by atoms with Crippen molar-refractivity contribution in [3.63, 3.8) is 0 Å². The van der Waals surface area contributed by atoms with Gasteiger partial charge >= 0.3 is 0 Å². The van der Waals surface area contributed by atoms with Crippen molar-refractivity contribution >= 4 is 23.2 Å². The van der Waals surface area contributed by atoms with E-state index >= 15 is 0 Å². The topological polar surface area (TPSA) is 35.2 Å². The Hall–Kier alpha value is -0.440. The Bertz CT molecular complexity index is 430. The molecule has 0 spiro atoms. The van der Waals surface area contributed by atoms with E-state index in [1.54, 1.807) is 6.07 Å². The van der Waals surface area contributed by atoms with Gasteiger partial charge in [-0.15, -0.1) is 0 Å². The lowest BCUT2D eigenvalue weighted by atomic mass is 9.84. The molecule has 0 amide bonds. The Morgan fingerprint density at radius 2 is 2.00 bits per heavy atom. The van der Waals surface area contributed by atoms with Gasteiger partial charge in [-0.1, -0.05) is 43.1 Å². The van der Waals surface area contributed by atoms with Crippen LogP contribution in [0.25, 0.3) is 0 Å². The number of hydrogen-bond donors (Lipinski definition) is 1. The molecule has 1 unspecified atom stereocenters. The highest BCUT2D eigenvalue weighted by atomic mass is 35.5. The smallest absolute Gasteiger partial charge is 0.145 e. The van der Waals surface area contributed by atoms with Crippen LogP contribution in [0, 0.1) is 0 Å². The highest BCUT2D eigenvalue weighted by molar-refractivity contribution is 6.43. The number of halogens is 2. The predicted molar refractivity (Wildman–Crippen MR) is 71.9 cm³/mol. The highest BCUT2D eigenvalue weighted by Crippen LogP contribution is 2.47. The van der Waals surface area contributed by atoms with Crippen LogP contribution < -0.4 is 10.5 Å². The molecule has 1 heterocycles. The van der Waals surface area contributed by atoms with Crippen LogP contribution in [0.4, 0.5) is 0 Å². The third-order valence-electron chi connectivity index (χ3n) is 3.68. The second kappa shape index (κ2) is 4.68. The Morgan fingerprint density at radius 1 is 1.35 bits per heavy atom. The van der Waals surface area contributed by atoms with Gasteiger partial charge in [-0.25, -0.2) is 0 Å². The second-order valence-electron chi connectivity index (χ2n) is 4.58. The molecule has 0 bridgehead atoms. The maximum Gasteiger partial charge on any atom is 0.145 e. The van der Waals surface area contributed by atoms with Crippen LogP contribution in [0.15, 0.2) is 12.1 Å². The molecule has 4 heteroatoms. The first kappa shape index (κ1) is 13.0. The van der Waals surface area contributed by atoms with Gasteiger partial charge in [0.05, 0.1) is 5.02 Å². The zero-order valence-electron chi connectivity index (χ0n) is 10.1. The predicted octanol–water partition coefficient (Wildman–Crippen LogP) is 4.33. The molecule has 1 aliphatic heterocycles. The van der Waals surface area contributed by atoms with Crippen LogP contribution in [0.5, 0.6) is 5.75 Å². The summed E-state index contributed by atoms with van der Waals surface area (Å²) in [5.74, 6) is 0.668. The number of hydrogen-bond acceptors (Lipinski definition) is 2. The normalized spacial score (nSPS) is 21.8. The molecule has 0 fully saturated rings. The molecule has 2 nitrogen and oxygen atoms in total. The van der Waals surface area contributed by atoms with Crippen molar-refractivity contribution in [3.8, 4) is 5.75 Å². The maximum atomic E-state index is 6.21. The van der Waals surface area contributed by atoms with Crippen LogP contribution >= 0.6 is 23.2 Å². The number of benzene rings is 1. The summed E-state index contributed by atoms with van der Waals surface area (Å²) >= 11 is 12.2. The van der Waals surface area contributed by atoms with Crippen LogP contribution in [-0.2, 0) is 0 Å². The summed E-state index contributed by atoms with van der Waals surface area (Å²) in [5, 5.41) is 0.992. The van der Waals surface area contributed by atoms with Gasteiger partial charge in [-0.3, -0.25) is 0 Å².